The van der Waals surface area contributed by atoms with Gasteiger partial charge in [-0.15, -0.1) is 0 Å². The highest BCUT2D eigenvalue weighted by molar-refractivity contribution is 7.47. The Morgan fingerprint density at radius 3 is 1.57 bits per heavy atom. The van der Waals surface area contributed by atoms with E-state index in [0.29, 0.717) is 13.0 Å². The topological polar surface area (TPSA) is 155 Å². The number of unbranched alkanes of at least 4 members (excludes halogenated alkanes) is 21. The van der Waals surface area contributed by atoms with Crippen molar-refractivity contribution in [3.63, 3.8) is 0 Å². The maximum atomic E-state index is 12.6. The molecule has 316 valence electrons. The van der Waals surface area contributed by atoms with Crippen molar-refractivity contribution < 1.29 is 42.7 Å². The third kappa shape index (κ3) is 38.5. The Morgan fingerprint density at radius 1 is 0.593 bits per heavy atom. The highest BCUT2D eigenvalue weighted by Crippen LogP contribution is 2.43. The zero-order chi connectivity index (χ0) is 39.8. The average Bonchev–Trinajstić information content (AvgIpc) is 3.15. The van der Waals surface area contributed by atoms with Crippen LogP contribution in [0.3, 0.4) is 0 Å². The fraction of sp³-hybridized carbons (Fsp3) is 0.814. The van der Waals surface area contributed by atoms with Crippen molar-refractivity contribution in [1.29, 1.82) is 0 Å². The number of aliphatic carboxylic acids is 1. The minimum atomic E-state index is -4.62. The van der Waals surface area contributed by atoms with Crippen LogP contribution in [0.4, 0.5) is 0 Å². The van der Waals surface area contributed by atoms with Crippen LogP contribution in [-0.2, 0) is 32.7 Å². The molecule has 11 heteroatoms. The number of rotatable bonds is 41. The number of nitrogens with two attached hydrogens (primary N) is 1. The van der Waals surface area contributed by atoms with Gasteiger partial charge in [0.05, 0.1) is 19.8 Å². The molecule has 0 fully saturated rings. The van der Waals surface area contributed by atoms with Crippen molar-refractivity contribution >= 4 is 19.8 Å². The van der Waals surface area contributed by atoms with Crippen LogP contribution in [0, 0.1) is 0 Å². The quantitative estimate of drug-likeness (QED) is 0.0236. The lowest BCUT2D eigenvalue weighted by Crippen LogP contribution is -2.34. The lowest BCUT2D eigenvalue weighted by atomic mass is 10.1. The summed E-state index contributed by atoms with van der Waals surface area (Å²) in [6, 6.07) is -1.47. The van der Waals surface area contributed by atoms with E-state index in [1.165, 1.54) is 103 Å². The summed E-state index contributed by atoms with van der Waals surface area (Å²) in [4.78, 5) is 33.5. The monoisotopic (exact) mass is 786 g/mol. The number of esters is 1. The van der Waals surface area contributed by atoms with Crippen LogP contribution in [0.5, 0.6) is 0 Å². The highest BCUT2D eigenvalue weighted by Gasteiger charge is 2.27. The molecule has 0 aromatic rings. The maximum Gasteiger partial charge on any atom is 0.472 e. The summed E-state index contributed by atoms with van der Waals surface area (Å²) in [6.45, 7) is 3.81. The predicted molar refractivity (Wildman–Crippen MR) is 221 cm³/mol. The molecule has 0 aliphatic carbocycles. The second-order valence-electron chi connectivity index (χ2n) is 14.5. The van der Waals surface area contributed by atoms with Gasteiger partial charge in [-0.3, -0.25) is 18.6 Å². The lowest BCUT2D eigenvalue weighted by molar-refractivity contribution is -0.154. The molecule has 0 saturated carbocycles. The number of carbonyl (C=O) groups excluding carboxylic acids is 1. The number of allylic oxidation sites excluding steroid dienone is 6. The van der Waals surface area contributed by atoms with E-state index < -0.39 is 45.1 Å². The van der Waals surface area contributed by atoms with Gasteiger partial charge in [0.15, 0.2) is 0 Å². The summed E-state index contributed by atoms with van der Waals surface area (Å²) in [7, 11) is -4.62. The predicted octanol–water partition coefficient (Wildman–Crippen LogP) is 11.7. The van der Waals surface area contributed by atoms with Crippen molar-refractivity contribution in [3.8, 4) is 0 Å². The zero-order valence-corrected chi connectivity index (χ0v) is 35.2. The standard InChI is InChI=1S/C43H80NO9P/c1-3-5-7-9-11-13-15-17-19-20-21-23-25-27-29-31-33-35-42(45)53-40(38-51-54(48,49)52-39-41(44)43(46)47)37-50-36-34-32-30-28-26-24-22-18-16-14-12-10-8-6-4-2/h10,12,16-19,40-41H,3-9,11,13-15,20-39,44H2,1-2H3,(H,46,47)(H,48,49)/b12-10-,18-16-,19-17-. The number of carboxylic acids is 1. The number of ether oxygens (including phenoxy) is 2. The molecule has 10 nitrogen and oxygen atoms in total. The Kier molecular flexibility index (Phi) is 38.1. The summed E-state index contributed by atoms with van der Waals surface area (Å²) in [6.07, 6.45) is 43.3. The van der Waals surface area contributed by atoms with Crippen molar-refractivity contribution in [2.45, 2.75) is 199 Å². The van der Waals surface area contributed by atoms with E-state index in [2.05, 4.69) is 50.3 Å². The molecule has 0 spiro atoms. The van der Waals surface area contributed by atoms with Crippen molar-refractivity contribution in [2.24, 2.45) is 5.73 Å². The molecule has 0 aliphatic heterocycles. The number of carboxylic acid groups (broad SMARTS) is 1. The van der Waals surface area contributed by atoms with Crippen LogP contribution in [0.15, 0.2) is 36.5 Å². The summed E-state index contributed by atoms with van der Waals surface area (Å²) in [5, 5.41) is 8.89. The third-order valence-electron chi connectivity index (χ3n) is 9.14. The van der Waals surface area contributed by atoms with E-state index in [1.54, 1.807) is 0 Å². The highest BCUT2D eigenvalue weighted by atomic mass is 31.2. The molecular weight excluding hydrogens is 705 g/mol. The summed E-state index contributed by atoms with van der Waals surface area (Å²) < 4.78 is 33.3. The van der Waals surface area contributed by atoms with Crippen LogP contribution >= 0.6 is 7.82 Å². The smallest absolute Gasteiger partial charge is 0.472 e. The molecule has 0 aromatic carbocycles. The van der Waals surface area contributed by atoms with E-state index >= 15 is 0 Å². The molecule has 0 radical (unpaired) electrons. The first-order chi connectivity index (χ1) is 26.2. The first-order valence-corrected chi connectivity index (χ1v) is 23.0. The zero-order valence-electron chi connectivity index (χ0n) is 34.3. The first-order valence-electron chi connectivity index (χ1n) is 21.5. The molecule has 0 amide bonds. The maximum absolute atomic E-state index is 12.6. The number of hydrogen-bond acceptors (Lipinski definition) is 8. The van der Waals surface area contributed by atoms with Gasteiger partial charge in [-0.05, 0) is 64.2 Å². The second kappa shape index (κ2) is 39.4. The van der Waals surface area contributed by atoms with Gasteiger partial charge in [0, 0.05) is 13.0 Å². The molecule has 4 N–H and O–H groups in total. The Hall–Kier alpha value is -1.81. The number of carbonyl (C=O) groups is 2. The van der Waals surface area contributed by atoms with Gasteiger partial charge in [0.25, 0.3) is 0 Å². The summed E-state index contributed by atoms with van der Waals surface area (Å²) in [5.41, 5.74) is 5.35. The van der Waals surface area contributed by atoms with Crippen molar-refractivity contribution in [1.82, 2.24) is 0 Å². The van der Waals surface area contributed by atoms with Crippen molar-refractivity contribution in [2.75, 3.05) is 26.4 Å². The molecule has 0 saturated heterocycles. The van der Waals surface area contributed by atoms with Gasteiger partial charge in [0.1, 0.15) is 12.1 Å². The molecule has 54 heavy (non-hydrogen) atoms. The SMILES string of the molecule is CCCC/C=C\C/C=C\CCCCCCCCOCC(COP(=O)(O)OCC(N)C(=O)O)OC(=O)CCCCCCCCC/C=C\CCCCCCCC. The van der Waals surface area contributed by atoms with Gasteiger partial charge in [0.2, 0.25) is 0 Å². The van der Waals surface area contributed by atoms with Gasteiger partial charge in [-0.25, -0.2) is 4.57 Å². The molecule has 0 aromatic heterocycles. The van der Waals surface area contributed by atoms with Crippen LogP contribution in [0.25, 0.3) is 0 Å². The minimum absolute atomic E-state index is 0.00867. The van der Waals surface area contributed by atoms with Crippen LogP contribution in [0.1, 0.15) is 187 Å². The number of hydrogen-bond donors (Lipinski definition) is 3. The first kappa shape index (κ1) is 52.2. The van der Waals surface area contributed by atoms with Crippen molar-refractivity contribution in [3.05, 3.63) is 36.5 Å². The Labute approximate surface area is 329 Å². The lowest BCUT2D eigenvalue weighted by Gasteiger charge is -2.20. The number of phosphoric acid groups is 1. The fourth-order valence-electron chi connectivity index (χ4n) is 5.73. The largest absolute Gasteiger partial charge is 0.480 e. The Balaban J connectivity index is 4.26. The Bertz CT molecular complexity index is 1000. The molecule has 0 aliphatic rings. The van der Waals surface area contributed by atoms with Crippen LogP contribution < -0.4 is 5.73 Å². The van der Waals surface area contributed by atoms with Gasteiger partial charge in [-0.1, -0.05) is 153 Å². The van der Waals surface area contributed by atoms with E-state index in [4.69, 9.17) is 29.4 Å². The van der Waals surface area contributed by atoms with E-state index in [-0.39, 0.29) is 13.0 Å². The molecule has 3 unspecified atom stereocenters. The minimum Gasteiger partial charge on any atom is -0.480 e. The van der Waals surface area contributed by atoms with Gasteiger partial charge < -0.3 is 25.2 Å². The molecule has 0 rings (SSSR count). The molecule has 3 atom stereocenters. The summed E-state index contributed by atoms with van der Waals surface area (Å²) >= 11 is 0. The summed E-state index contributed by atoms with van der Waals surface area (Å²) in [5.74, 6) is -1.79. The fourth-order valence-corrected chi connectivity index (χ4v) is 6.51. The van der Waals surface area contributed by atoms with Crippen LogP contribution in [0.2, 0.25) is 0 Å². The average molecular weight is 786 g/mol. The van der Waals surface area contributed by atoms with E-state index in [9.17, 15) is 19.0 Å². The van der Waals surface area contributed by atoms with E-state index in [0.717, 1.165) is 57.8 Å². The second-order valence-corrected chi connectivity index (χ2v) is 15.9. The molecule has 0 heterocycles. The van der Waals surface area contributed by atoms with Gasteiger partial charge >= 0.3 is 19.8 Å². The third-order valence-corrected chi connectivity index (χ3v) is 10.1. The Morgan fingerprint density at radius 2 is 1.04 bits per heavy atom. The van der Waals surface area contributed by atoms with Gasteiger partial charge in [-0.2, -0.15) is 0 Å². The number of phosphoric ester groups is 1. The molecule has 0 bridgehead atoms. The molecular formula is C43H80NO9P. The van der Waals surface area contributed by atoms with E-state index in [1.807, 2.05) is 0 Å². The normalized spacial score (nSPS) is 14.3. The van der Waals surface area contributed by atoms with Crippen LogP contribution in [-0.4, -0.2) is 60.5 Å².